The van der Waals surface area contributed by atoms with Crippen LogP contribution in [0.25, 0.3) is 0 Å². The van der Waals surface area contributed by atoms with E-state index in [-0.39, 0.29) is 11.3 Å². The first-order valence-corrected chi connectivity index (χ1v) is 5.55. The third-order valence-electron chi connectivity index (χ3n) is 2.51. The molecule has 0 amide bonds. The Kier molecular flexibility index (Phi) is 3.56. The van der Waals surface area contributed by atoms with Crippen molar-refractivity contribution in [3.8, 4) is 17.2 Å². The number of carboxylic acids is 1. The largest absolute Gasteiger partial charge is 0.497 e. The number of nitrogen functional groups attached to an aromatic ring is 1. The Labute approximate surface area is 110 Å². The number of hydrogen-bond donors (Lipinski definition) is 2. The zero-order valence-electron chi connectivity index (χ0n) is 10.3. The highest BCUT2D eigenvalue weighted by atomic mass is 16.5. The predicted octanol–water partition coefficient (Wildman–Crippen LogP) is 2.77. The van der Waals surface area contributed by atoms with Gasteiger partial charge in [0.25, 0.3) is 0 Å². The highest BCUT2D eigenvalue weighted by Gasteiger charge is 2.12. The average Bonchev–Trinajstić information content (AvgIpc) is 2.38. The molecule has 0 fully saturated rings. The smallest absolute Gasteiger partial charge is 0.339 e. The van der Waals surface area contributed by atoms with Crippen molar-refractivity contribution < 1.29 is 19.4 Å². The van der Waals surface area contributed by atoms with Gasteiger partial charge in [0.05, 0.1) is 7.11 Å². The van der Waals surface area contributed by atoms with E-state index in [1.165, 1.54) is 18.2 Å². The van der Waals surface area contributed by atoms with Gasteiger partial charge in [-0.15, -0.1) is 0 Å². The fourth-order valence-electron chi connectivity index (χ4n) is 1.59. The minimum absolute atomic E-state index is 0.0528. The lowest BCUT2D eigenvalue weighted by Gasteiger charge is -2.10. The van der Waals surface area contributed by atoms with Crippen molar-refractivity contribution in [2.24, 2.45) is 0 Å². The van der Waals surface area contributed by atoms with Gasteiger partial charge in [-0.3, -0.25) is 0 Å². The minimum Gasteiger partial charge on any atom is -0.497 e. The summed E-state index contributed by atoms with van der Waals surface area (Å²) < 4.78 is 10.6. The van der Waals surface area contributed by atoms with E-state index in [4.69, 9.17) is 20.3 Å². The van der Waals surface area contributed by atoms with Crippen LogP contribution in [0.4, 0.5) is 5.69 Å². The number of ether oxygens (including phenoxy) is 2. The van der Waals surface area contributed by atoms with Gasteiger partial charge in [0.15, 0.2) is 0 Å². The normalized spacial score (nSPS) is 9.95. The third-order valence-corrected chi connectivity index (χ3v) is 2.51. The molecule has 0 saturated carbocycles. The maximum Gasteiger partial charge on any atom is 0.339 e. The molecule has 3 N–H and O–H groups in total. The number of methoxy groups -OCH3 is 1. The summed E-state index contributed by atoms with van der Waals surface area (Å²) in [6, 6.07) is 11.3. The molecule has 0 spiro atoms. The quantitative estimate of drug-likeness (QED) is 0.825. The first-order valence-electron chi connectivity index (χ1n) is 5.55. The summed E-state index contributed by atoms with van der Waals surface area (Å²) in [5, 5.41) is 9.09. The topological polar surface area (TPSA) is 81.8 Å². The van der Waals surface area contributed by atoms with Gasteiger partial charge in [-0.1, -0.05) is 6.07 Å². The SMILES string of the molecule is COc1cccc(Oc2cc(N)ccc2C(=O)O)c1. The standard InChI is InChI=1S/C14H13NO4/c1-18-10-3-2-4-11(8-10)19-13-7-9(15)5-6-12(13)14(16)17/h2-8H,15H2,1H3,(H,16,17). The number of rotatable bonds is 4. The van der Waals surface area contributed by atoms with E-state index in [0.717, 1.165) is 0 Å². The molecule has 2 rings (SSSR count). The first kappa shape index (κ1) is 12.8. The molecule has 0 aliphatic rings. The molecule has 5 heteroatoms. The maximum atomic E-state index is 11.1. The molecule has 2 aromatic carbocycles. The van der Waals surface area contributed by atoms with Crippen LogP contribution in [0.15, 0.2) is 42.5 Å². The Morgan fingerprint density at radius 3 is 2.58 bits per heavy atom. The Balaban J connectivity index is 2.36. The third kappa shape index (κ3) is 2.95. The van der Waals surface area contributed by atoms with Crippen LogP contribution in [0.2, 0.25) is 0 Å². The van der Waals surface area contributed by atoms with Crippen LogP contribution < -0.4 is 15.2 Å². The Morgan fingerprint density at radius 1 is 1.16 bits per heavy atom. The van der Waals surface area contributed by atoms with Crippen molar-refractivity contribution in [1.82, 2.24) is 0 Å². The van der Waals surface area contributed by atoms with Gasteiger partial charge in [0, 0.05) is 17.8 Å². The fraction of sp³-hybridized carbons (Fsp3) is 0.0714. The molecule has 0 unspecified atom stereocenters. The molecule has 0 radical (unpaired) electrons. The monoisotopic (exact) mass is 259 g/mol. The van der Waals surface area contributed by atoms with E-state index in [0.29, 0.717) is 17.2 Å². The summed E-state index contributed by atoms with van der Waals surface area (Å²) in [5.74, 6) is 0.226. The number of aromatic carboxylic acids is 1. The van der Waals surface area contributed by atoms with Crippen molar-refractivity contribution >= 4 is 11.7 Å². The van der Waals surface area contributed by atoms with E-state index >= 15 is 0 Å². The fourth-order valence-corrected chi connectivity index (χ4v) is 1.59. The maximum absolute atomic E-state index is 11.1. The van der Waals surface area contributed by atoms with E-state index in [2.05, 4.69) is 0 Å². The second-order valence-corrected chi connectivity index (χ2v) is 3.84. The summed E-state index contributed by atoms with van der Waals surface area (Å²) >= 11 is 0. The highest BCUT2D eigenvalue weighted by molar-refractivity contribution is 5.91. The first-order chi connectivity index (χ1) is 9.10. The number of benzene rings is 2. The second kappa shape index (κ2) is 5.30. The van der Waals surface area contributed by atoms with E-state index in [9.17, 15) is 4.79 Å². The van der Waals surface area contributed by atoms with Gasteiger partial charge >= 0.3 is 5.97 Å². The van der Waals surface area contributed by atoms with E-state index < -0.39 is 5.97 Å². The van der Waals surface area contributed by atoms with E-state index in [1.54, 1.807) is 31.4 Å². The zero-order valence-corrected chi connectivity index (χ0v) is 10.3. The highest BCUT2D eigenvalue weighted by Crippen LogP contribution is 2.29. The molecular formula is C14H13NO4. The summed E-state index contributed by atoms with van der Waals surface area (Å²) in [7, 11) is 1.54. The zero-order chi connectivity index (χ0) is 13.8. The molecule has 0 aromatic heterocycles. The molecule has 0 aliphatic carbocycles. The molecular weight excluding hydrogens is 246 g/mol. The van der Waals surface area contributed by atoms with Crippen LogP contribution in [-0.4, -0.2) is 18.2 Å². The van der Waals surface area contributed by atoms with Gasteiger partial charge < -0.3 is 20.3 Å². The molecule has 0 aliphatic heterocycles. The van der Waals surface area contributed by atoms with Crippen LogP contribution in [0.3, 0.4) is 0 Å². The van der Waals surface area contributed by atoms with Crippen molar-refractivity contribution in [3.05, 3.63) is 48.0 Å². The minimum atomic E-state index is -1.07. The molecule has 0 atom stereocenters. The van der Waals surface area contributed by atoms with Crippen LogP contribution >= 0.6 is 0 Å². The lowest BCUT2D eigenvalue weighted by atomic mass is 10.2. The molecule has 5 nitrogen and oxygen atoms in total. The van der Waals surface area contributed by atoms with Gasteiger partial charge in [-0.05, 0) is 24.3 Å². The number of nitrogens with two attached hydrogens (primary N) is 1. The molecule has 0 saturated heterocycles. The van der Waals surface area contributed by atoms with E-state index in [1.807, 2.05) is 0 Å². The van der Waals surface area contributed by atoms with Gasteiger partial charge in [-0.2, -0.15) is 0 Å². The molecule has 98 valence electrons. The molecule has 2 aromatic rings. The van der Waals surface area contributed by atoms with Crippen LogP contribution in [0.5, 0.6) is 17.2 Å². The van der Waals surface area contributed by atoms with Crippen molar-refractivity contribution in [2.45, 2.75) is 0 Å². The molecule has 0 bridgehead atoms. The number of hydrogen-bond acceptors (Lipinski definition) is 4. The summed E-state index contributed by atoms with van der Waals surface area (Å²) in [6.07, 6.45) is 0. The Morgan fingerprint density at radius 2 is 1.89 bits per heavy atom. The van der Waals surface area contributed by atoms with Crippen LogP contribution in [-0.2, 0) is 0 Å². The van der Waals surface area contributed by atoms with Crippen LogP contribution in [0, 0.1) is 0 Å². The second-order valence-electron chi connectivity index (χ2n) is 3.84. The summed E-state index contributed by atoms with van der Waals surface area (Å²) in [6.45, 7) is 0. The number of anilines is 1. The lowest BCUT2D eigenvalue weighted by Crippen LogP contribution is -2.01. The summed E-state index contributed by atoms with van der Waals surface area (Å²) in [4.78, 5) is 11.1. The van der Waals surface area contributed by atoms with Gasteiger partial charge in [-0.25, -0.2) is 4.79 Å². The Bertz CT molecular complexity index is 610. The van der Waals surface area contributed by atoms with Crippen LogP contribution in [0.1, 0.15) is 10.4 Å². The summed E-state index contributed by atoms with van der Waals surface area (Å²) in [5.41, 5.74) is 6.13. The lowest BCUT2D eigenvalue weighted by molar-refractivity contribution is 0.0694. The Hall–Kier alpha value is -2.69. The number of carbonyl (C=O) groups is 1. The van der Waals surface area contributed by atoms with Crippen molar-refractivity contribution in [3.63, 3.8) is 0 Å². The van der Waals surface area contributed by atoms with Gasteiger partial charge in [0.1, 0.15) is 22.8 Å². The van der Waals surface area contributed by atoms with Crippen molar-refractivity contribution in [2.75, 3.05) is 12.8 Å². The number of carboxylic acid groups (broad SMARTS) is 1. The predicted molar refractivity (Wildman–Crippen MR) is 70.9 cm³/mol. The van der Waals surface area contributed by atoms with Gasteiger partial charge in [0.2, 0.25) is 0 Å². The average molecular weight is 259 g/mol. The molecule has 19 heavy (non-hydrogen) atoms. The molecule has 0 heterocycles. The van der Waals surface area contributed by atoms with Crippen molar-refractivity contribution in [1.29, 1.82) is 0 Å².